The first-order valence-corrected chi connectivity index (χ1v) is 5.41. The van der Waals surface area contributed by atoms with E-state index in [-0.39, 0.29) is 6.04 Å². The van der Waals surface area contributed by atoms with Crippen LogP contribution < -0.4 is 4.72 Å². The predicted molar refractivity (Wildman–Crippen MR) is 46.5 cm³/mol. The Bertz CT molecular complexity index is 342. The number of aliphatic imine (C=N–C) groups is 1. The molecule has 12 heavy (non-hydrogen) atoms. The SMILES string of the molecule is O=S1(=O)NCCCC2N=CC=C21. The first kappa shape index (κ1) is 7.94. The molecule has 0 spiro atoms. The van der Waals surface area contributed by atoms with Gasteiger partial charge in [0.1, 0.15) is 0 Å². The third-order valence-corrected chi connectivity index (χ3v) is 3.70. The van der Waals surface area contributed by atoms with Gasteiger partial charge in [0.25, 0.3) is 0 Å². The normalized spacial score (nSPS) is 32.3. The molecule has 1 unspecified atom stereocenters. The van der Waals surface area contributed by atoms with Crippen LogP contribution in [0.5, 0.6) is 0 Å². The number of nitrogens with one attached hydrogen (secondary N) is 1. The van der Waals surface area contributed by atoms with Crippen LogP contribution in [0.2, 0.25) is 0 Å². The highest BCUT2D eigenvalue weighted by Crippen LogP contribution is 2.23. The highest BCUT2D eigenvalue weighted by molar-refractivity contribution is 7.93. The van der Waals surface area contributed by atoms with Gasteiger partial charge in [0.2, 0.25) is 10.0 Å². The van der Waals surface area contributed by atoms with E-state index in [9.17, 15) is 8.42 Å². The topological polar surface area (TPSA) is 58.5 Å². The number of hydrogen-bond acceptors (Lipinski definition) is 3. The predicted octanol–water partition coefficient (Wildman–Crippen LogP) is 0.0365. The Labute approximate surface area is 71.4 Å². The van der Waals surface area contributed by atoms with Crippen molar-refractivity contribution in [1.29, 1.82) is 0 Å². The minimum Gasteiger partial charge on any atom is -0.284 e. The van der Waals surface area contributed by atoms with E-state index in [1.54, 1.807) is 12.3 Å². The van der Waals surface area contributed by atoms with Crippen molar-refractivity contribution in [2.75, 3.05) is 6.54 Å². The molecule has 0 aromatic rings. The fourth-order valence-electron chi connectivity index (χ4n) is 1.48. The van der Waals surface area contributed by atoms with Crippen LogP contribution >= 0.6 is 0 Å². The largest absolute Gasteiger partial charge is 0.284 e. The molecule has 1 atom stereocenters. The van der Waals surface area contributed by atoms with Gasteiger partial charge in [-0.25, -0.2) is 13.1 Å². The van der Waals surface area contributed by atoms with Crippen molar-refractivity contribution < 1.29 is 8.42 Å². The van der Waals surface area contributed by atoms with Gasteiger partial charge in [0.05, 0.1) is 10.9 Å². The van der Waals surface area contributed by atoms with Crippen molar-refractivity contribution in [3.05, 3.63) is 11.0 Å². The average molecular weight is 186 g/mol. The molecular formula is C7H10N2O2S. The van der Waals surface area contributed by atoms with Gasteiger partial charge < -0.3 is 0 Å². The Hall–Kier alpha value is -0.680. The molecule has 0 aromatic heterocycles. The van der Waals surface area contributed by atoms with Crippen LogP contribution in [0.15, 0.2) is 16.0 Å². The van der Waals surface area contributed by atoms with Crippen LogP contribution in [0.25, 0.3) is 0 Å². The van der Waals surface area contributed by atoms with Gasteiger partial charge in [0.15, 0.2) is 0 Å². The van der Waals surface area contributed by atoms with Crippen LogP contribution in [0, 0.1) is 0 Å². The average Bonchev–Trinajstić information content (AvgIpc) is 2.42. The van der Waals surface area contributed by atoms with Crippen LogP contribution in [-0.4, -0.2) is 27.2 Å². The molecule has 0 amide bonds. The summed E-state index contributed by atoms with van der Waals surface area (Å²) in [5.41, 5.74) is 0. The highest BCUT2D eigenvalue weighted by atomic mass is 32.2. The summed E-state index contributed by atoms with van der Waals surface area (Å²) in [6, 6.07) is -0.120. The second-order valence-electron chi connectivity index (χ2n) is 2.92. The molecule has 2 rings (SSSR count). The maximum Gasteiger partial charge on any atom is 0.238 e. The Morgan fingerprint density at radius 3 is 3.25 bits per heavy atom. The second-order valence-corrected chi connectivity index (χ2v) is 4.69. The molecule has 2 aliphatic heterocycles. The van der Waals surface area contributed by atoms with Gasteiger partial charge in [-0.05, 0) is 18.9 Å². The summed E-state index contributed by atoms with van der Waals surface area (Å²) >= 11 is 0. The van der Waals surface area contributed by atoms with Crippen molar-refractivity contribution in [3.63, 3.8) is 0 Å². The van der Waals surface area contributed by atoms with Crippen LogP contribution in [-0.2, 0) is 10.0 Å². The Kier molecular flexibility index (Phi) is 1.77. The lowest BCUT2D eigenvalue weighted by molar-refractivity contribution is 0.589. The minimum absolute atomic E-state index is 0.120. The molecule has 1 saturated heterocycles. The van der Waals surface area contributed by atoms with Gasteiger partial charge in [-0.15, -0.1) is 0 Å². The zero-order chi connectivity index (χ0) is 8.60. The fourth-order valence-corrected chi connectivity index (χ4v) is 2.83. The molecule has 0 saturated carbocycles. The molecule has 0 aromatic carbocycles. The smallest absolute Gasteiger partial charge is 0.238 e. The van der Waals surface area contributed by atoms with E-state index in [0.29, 0.717) is 11.4 Å². The summed E-state index contributed by atoms with van der Waals surface area (Å²) in [6.07, 6.45) is 4.84. The maximum atomic E-state index is 11.4. The van der Waals surface area contributed by atoms with E-state index in [2.05, 4.69) is 9.71 Å². The zero-order valence-corrected chi connectivity index (χ0v) is 7.34. The fraction of sp³-hybridized carbons (Fsp3) is 0.571. The first-order valence-electron chi connectivity index (χ1n) is 3.93. The maximum absolute atomic E-state index is 11.4. The van der Waals surface area contributed by atoms with Crippen LogP contribution in [0.1, 0.15) is 12.8 Å². The molecule has 0 bridgehead atoms. The summed E-state index contributed by atoms with van der Waals surface area (Å²) in [4.78, 5) is 4.51. The number of fused-ring (bicyclic) bond motifs is 1. The lowest BCUT2D eigenvalue weighted by atomic mass is 10.2. The van der Waals surface area contributed by atoms with Crippen molar-refractivity contribution in [3.8, 4) is 0 Å². The number of hydrogen-bond donors (Lipinski definition) is 1. The third-order valence-electron chi connectivity index (χ3n) is 2.09. The minimum atomic E-state index is -3.21. The Balaban J connectivity index is 2.40. The summed E-state index contributed by atoms with van der Waals surface area (Å²) in [5.74, 6) is 0. The summed E-state index contributed by atoms with van der Waals surface area (Å²) < 4.78 is 25.4. The standard InChI is InChI=1S/C7H10N2O2S/c10-12(11)7-3-5-8-6(7)2-1-4-9-12/h3,5-6,9H,1-2,4H2. The molecule has 4 nitrogen and oxygen atoms in total. The molecular weight excluding hydrogens is 176 g/mol. The molecule has 1 fully saturated rings. The van der Waals surface area contributed by atoms with Crippen molar-refractivity contribution in [2.24, 2.45) is 4.99 Å². The van der Waals surface area contributed by atoms with Crippen molar-refractivity contribution in [2.45, 2.75) is 18.9 Å². The van der Waals surface area contributed by atoms with E-state index in [1.165, 1.54) is 0 Å². The number of sulfonamides is 1. The molecule has 2 heterocycles. The third kappa shape index (κ3) is 1.19. The van der Waals surface area contributed by atoms with Gasteiger partial charge in [-0.3, -0.25) is 4.99 Å². The molecule has 0 radical (unpaired) electrons. The molecule has 0 aliphatic carbocycles. The molecule has 5 heteroatoms. The van der Waals surface area contributed by atoms with E-state index in [4.69, 9.17) is 0 Å². The first-order chi connectivity index (χ1) is 5.70. The Morgan fingerprint density at radius 1 is 1.58 bits per heavy atom. The van der Waals surface area contributed by atoms with Gasteiger partial charge >= 0.3 is 0 Å². The van der Waals surface area contributed by atoms with E-state index < -0.39 is 10.0 Å². The lowest BCUT2D eigenvalue weighted by Gasteiger charge is -2.06. The van der Waals surface area contributed by atoms with Gasteiger partial charge in [-0.1, -0.05) is 0 Å². The number of nitrogens with zero attached hydrogens (tertiary/aromatic N) is 1. The van der Waals surface area contributed by atoms with E-state index in [1.807, 2.05) is 0 Å². The monoisotopic (exact) mass is 186 g/mol. The molecule has 1 N–H and O–H groups in total. The Morgan fingerprint density at radius 2 is 2.42 bits per heavy atom. The quantitative estimate of drug-likeness (QED) is 0.580. The summed E-state index contributed by atoms with van der Waals surface area (Å²) in [7, 11) is -3.21. The molecule has 66 valence electrons. The zero-order valence-electron chi connectivity index (χ0n) is 6.53. The summed E-state index contributed by atoms with van der Waals surface area (Å²) in [5, 5.41) is 0. The highest BCUT2D eigenvalue weighted by Gasteiger charge is 2.29. The van der Waals surface area contributed by atoms with E-state index in [0.717, 1.165) is 12.8 Å². The molecule has 2 aliphatic rings. The number of allylic oxidation sites excluding steroid dienone is 1. The van der Waals surface area contributed by atoms with E-state index >= 15 is 0 Å². The van der Waals surface area contributed by atoms with Crippen LogP contribution in [0.4, 0.5) is 0 Å². The van der Waals surface area contributed by atoms with Crippen LogP contribution in [0.3, 0.4) is 0 Å². The van der Waals surface area contributed by atoms with Crippen molar-refractivity contribution >= 4 is 16.2 Å². The lowest BCUT2D eigenvalue weighted by Crippen LogP contribution is -2.25. The second kappa shape index (κ2) is 2.67. The summed E-state index contributed by atoms with van der Waals surface area (Å²) in [6.45, 7) is 0.533. The van der Waals surface area contributed by atoms with Gasteiger partial charge in [-0.2, -0.15) is 0 Å². The number of rotatable bonds is 0. The van der Waals surface area contributed by atoms with Crippen molar-refractivity contribution in [1.82, 2.24) is 4.72 Å². The van der Waals surface area contributed by atoms with Gasteiger partial charge in [0, 0.05) is 12.8 Å².